The molecular formula is C19H36N2O2. The van der Waals surface area contributed by atoms with E-state index in [-0.39, 0.29) is 11.5 Å². The number of ether oxygens (including phenoxy) is 1. The Morgan fingerprint density at radius 2 is 1.78 bits per heavy atom. The van der Waals surface area contributed by atoms with Gasteiger partial charge in [-0.05, 0) is 42.6 Å². The van der Waals surface area contributed by atoms with Gasteiger partial charge in [-0.1, -0.05) is 27.7 Å². The van der Waals surface area contributed by atoms with Gasteiger partial charge in [-0.3, -0.25) is 4.90 Å². The van der Waals surface area contributed by atoms with E-state index in [4.69, 9.17) is 4.74 Å². The summed E-state index contributed by atoms with van der Waals surface area (Å²) in [5.74, 6) is 0.803. The molecule has 0 spiro atoms. The number of likely N-dealkylation sites (N-methyl/N-ethyl adjacent to an activating group) is 1. The molecule has 4 nitrogen and oxygen atoms in total. The first kappa shape index (κ1) is 17.7. The maximum absolute atomic E-state index is 10.4. The smallest absolute Gasteiger partial charge is 0.0900 e. The van der Waals surface area contributed by atoms with Crippen molar-refractivity contribution in [3.8, 4) is 0 Å². The molecule has 0 aromatic rings. The van der Waals surface area contributed by atoms with Crippen molar-refractivity contribution in [3.63, 3.8) is 0 Å². The molecule has 3 rings (SSSR count). The van der Waals surface area contributed by atoms with Crippen molar-refractivity contribution in [2.75, 3.05) is 45.9 Å². The molecule has 2 aliphatic carbocycles. The van der Waals surface area contributed by atoms with E-state index in [1.54, 1.807) is 0 Å². The fourth-order valence-electron chi connectivity index (χ4n) is 5.52. The quantitative estimate of drug-likeness (QED) is 0.813. The number of hydrogen-bond donors (Lipinski definition) is 1. The maximum Gasteiger partial charge on any atom is 0.0900 e. The van der Waals surface area contributed by atoms with Crippen LogP contribution in [0.15, 0.2) is 0 Å². The minimum atomic E-state index is -0.360. The van der Waals surface area contributed by atoms with Crippen LogP contribution in [0.5, 0.6) is 0 Å². The second-order valence-electron chi connectivity index (χ2n) is 9.02. The van der Waals surface area contributed by atoms with Gasteiger partial charge in [0.2, 0.25) is 0 Å². The number of fused-ring (bicyclic) bond motifs is 2. The summed E-state index contributed by atoms with van der Waals surface area (Å²) in [5, 5.41) is 10.4. The fourth-order valence-corrected chi connectivity index (χ4v) is 5.52. The molecule has 3 aliphatic rings. The zero-order valence-corrected chi connectivity index (χ0v) is 15.6. The van der Waals surface area contributed by atoms with E-state index in [9.17, 15) is 5.11 Å². The van der Waals surface area contributed by atoms with Crippen molar-refractivity contribution in [2.24, 2.45) is 16.7 Å². The average Bonchev–Trinajstić information content (AvgIpc) is 2.98. The molecule has 1 heterocycles. The summed E-state index contributed by atoms with van der Waals surface area (Å²) in [5.41, 5.74) is 0.597. The number of hydrogen-bond acceptors (Lipinski definition) is 4. The average molecular weight is 325 g/mol. The van der Waals surface area contributed by atoms with Crippen LogP contribution in [0.1, 0.15) is 47.0 Å². The van der Waals surface area contributed by atoms with Crippen molar-refractivity contribution in [1.82, 2.24) is 9.80 Å². The van der Waals surface area contributed by atoms with E-state index in [1.807, 2.05) is 0 Å². The van der Waals surface area contributed by atoms with Crippen LogP contribution in [0.3, 0.4) is 0 Å². The van der Waals surface area contributed by atoms with Crippen LogP contribution in [0.2, 0.25) is 0 Å². The molecule has 3 fully saturated rings. The lowest BCUT2D eigenvalue weighted by atomic mass is 9.70. The largest absolute Gasteiger partial charge is 0.389 e. The van der Waals surface area contributed by atoms with Gasteiger partial charge in [-0.2, -0.15) is 0 Å². The number of aliphatic hydroxyl groups is 1. The Labute approximate surface area is 142 Å². The third kappa shape index (κ3) is 3.46. The first-order valence-corrected chi connectivity index (χ1v) is 9.59. The standard InChI is InChI=1S/C19H36N2O2/c1-5-20-8-10-21(11-9-20)13-16(22)14-23-17-18(2,3)15-6-7-19(17,4)12-15/h15-17,22H,5-14H2,1-4H3/t15-,16-,17-,19-/m0/s1. The molecule has 0 amide bonds. The molecule has 0 radical (unpaired) electrons. The summed E-state index contributed by atoms with van der Waals surface area (Å²) in [6.07, 6.45) is 3.90. The summed E-state index contributed by atoms with van der Waals surface area (Å²) in [6.45, 7) is 16.1. The van der Waals surface area contributed by atoms with Crippen molar-refractivity contribution in [1.29, 1.82) is 0 Å². The van der Waals surface area contributed by atoms with Crippen molar-refractivity contribution in [2.45, 2.75) is 59.2 Å². The van der Waals surface area contributed by atoms with Crippen molar-refractivity contribution < 1.29 is 9.84 Å². The Morgan fingerprint density at radius 3 is 2.35 bits per heavy atom. The van der Waals surface area contributed by atoms with Crippen LogP contribution in [0.4, 0.5) is 0 Å². The predicted molar refractivity (Wildman–Crippen MR) is 93.5 cm³/mol. The highest BCUT2D eigenvalue weighted by Gasteiger charge is 2.60. The summed E-state index contributed by atoms with van der Waals surface area (Å²) in [4.78, 5) is 4.85. The number of nitrogens with zero attached hydrogens (tertiary/aromatic N) is 2. The first-order chi connectivity index (χ1) is 10.8. The summed E-state index contributed by atoms with van der Waals surface area (Å²) in [7, 11) is 0. The highest BCUT2D eigenvalue weighted by molar-refractivity contribution is 5.09. The van der Waals surface area contributed by atoms with Crippen LogP contribution in [-0.2, 0) is 4.74 Å². The zero-order valence-electron chi connectivity index (χ0n) is 15.6. The summed E-state index contributed by atoms with van der Waals surface area (Å²) in [6, 6.07) is 0. The van der Waals surface area contributed by atoms with Gasteiger partial charge >= 0.3 is 0 Å². The van der Waals surface area contributed by atoms with E-state index in [0.29, 0.717) is 18.1 Å². The minimum Gasteiger partial charge on any atom is -0.389 e. The summed E-state index contributed by atoms with van der Waals surface area (Å²) >= 11 is 0. The number of rotatable bonds is 6. The van der Waals surface area contributed by atoms with E-state index < -0.39 is 0 Å². The molecule has 23 heavy (non-hydrogen) atoms. The monoisotopic (exact) mass is 324 g/mol. The molecule has 1 aliphatic heterocycles. The van der Waals surface area contributed by atoms with Gasteiger partial charge in [0.1, 0.15) is 0 Å². The Bertz CT molecular complexity index is 401. The minimum absolute atomic E-state index is 0.263. The lowest BCUT2D eigenvalue weighted by molar-refractivity contribution is -0.114. The van der Waals surface area contributed by atoms with E-state index in [2.05, 4.69) is 37.5 Å². The first-order valence-electron chi connectivity index (χ1n) is 9.59. The highest BCUT2D eigenvalue weighted by atomic mass is 16.5. The molecule has 0 aromatic heterocycles. The normalized spacial score (nSPS) is 39.0. The van der Waals surface area contributed by atoms with Crippen LogP contribution >= 0.6 is 0 Å². The van der Waals surface area contributed by atoms with Crippen LogP contribution in [0.25, 0.3) is 0 Å². The van der Waals surface area contributed by atoms with Gasteiger partial charge in [0.25, 0.3) is 0 Å². The van der Waals surface area contributed by atoms with Crippen LogP contribution in [-0.4, -0.2) is 73.0 Å². The second kappa shape index (κ2) is 6.62. The lowest BCUT2D eigenvalue weighted by Crippen LogP contribution is -2.49. The molecule has 1 saturated heterocycles. The lowest BCUT2D eigenvalue weighted by Gasteiger charge is -2.43. The Kier molecular flexibility index (Phi) is 5.09. The number of aliphatic hydroxyl groups excluding tert-OH is 1. The molecular weight excluding hydrogens is 288 g/mol. The molecule has 0 aromatic carbocycles. The molecule has 4 heteroatoms. The Balaban J connectivity index is 1.45. The van der Waals surface area contributed by atoms with Crippen molar-refractivity contribution in [3.05, 3.63) is 0 Å². The highest BCUT2D eigenvalue weighted by Crippen LogP contribution is 2.63. The third-order valence-corrected chi connectivity index (χ3v) is 6.97. The fraction of sp³-hybridized carbons (Fsp3) is 1.00. The van der Waals surface area contributed by atoms with Crippen LogP contribution < -0.4 is 0 Å². The molecule has 2 bridgehead atoms. The number of piperazine rings is 1. The second-order valence-corrected chi connectivity index (χ2v) is 9.02. The van der Waals surface area contributed by atoms with Gasteiger partial charge in [0.15, 0.2) is 0 Å². The summed E-state index contributed by atoms with van der Waals surface area (Å²) < 4.78 is 6.31. The van der Waals surface area contributed by atoms with Gasteiger partial charge < -0.3 is 14.7 Å². The molecule has 0 unspecified atom stereocenters. The molecule has 2 saturated carbocycles. The number of β-amino-alcohol motifs (C(OH)–C–C–N with tert-alkyl or cyclic N) is 1. The molecule has 1 N–H and O–H groups in total. The topological polar surface area (TPSA) is 35.9 Å². The van der Waals surface area contributed by atoms with Gasteiger partial charge in [0, 0.05) is 32.7 Å². The molecule has 134 valence electrons. The van der Waals surface area contributed by atoms with E-state index in [1.165, 1.54) is 19.3 Å². The van der Waals surface area contributed by atoms with Crippen LogP contribution in [0, 0.1) is 16.7 Å². The maximum atomic E-state index is 10.4. The van der Waals surface area contributed by atoms with Gasteiger partial charge in [-0.25, -0.2) is 0 Å². The van der Waals surface area contributed by atoms with Gasteiger partial charge in [-0.15, -0.1) is 0 Å². The zero-order chi connectivity index (χ0) is 16.7. The van der Waals surface area contributed by atoms with Gasteiger partial charge in [0.05, 0.1) is 18.8 Å². The molecule has 4 atom stereocenters. The Morgan fingerprint density at radius 1 is 1.13 bits per heavy atom. The predicted octanol–water partition coefficient (Wildman–Crippen LogP) is 2.22. The third-order valence-electron chi connectivity index (χ3n) is 6.97. The van der Waals surface area contributed by atoms with Crippen molar-refractivity contribution >= 4 is 0 Å². The van der Waals surface area contributed by atoms with E-state index in [0.717, 1.165) is 45.2 Å². The van der Waals surface area contributed by atoms with E-state index >= 15 is 0 Å². The SMILES string of the molecule is CCN1CCN(C[C@H](O)CO[C@H]2C(C)(C)[C@H]3CC[C@@]2(C)C3)CC1. The Hall–Kier alpha value is -0.160.